The standard InChI is InChI=1S/C9H15N3O3S/c1-16(14,15)12(9(11)6-13)8-4-2-7(10)3-5-8/h2-5,9,13H,6,10-11H2,1H3. The molecule has 0 heterocycles. The van der Waals surface area contributed by atoms with Gasteiger partial charge in [-0.3, -0.25) is 4.31 Å². The van der Waals surface area contributed by atoms with Crippen LogP contribution in [0.1, 0.15) is 0 Å². The first-order valence-corrected chi connectivity index (χ1v) is 6.42. The second-order valence-corrected chi connectivity index (χ2v) is 5.26. The van der Waals surface area contributed by atoms with Crippen molar-refractivity contribution in [1.82, 2.24) is 0 Å². The highest BCUT2D eigenvalue weighted by Crippen LogP contribution is 2.20. The Morgan fingerprint density at radius 2 is 1.88 bits per heavy atom. The van der Waals surface area contributed by atoms with E-state index in [1.54, 1.807) is 12.1 Å². The van der Waals surface area contributed by atoms with Gasteiger partial charge >= 0.3 is 0 Å². The predicted octanol–water partition coefficient (Wildman–Crippen LogP) is -0.688. The molecule has 0 fully saturated rings. The van der Waals surface area contributed by atoms with Gasteiger partial charge in [0.15, 0.2) is 0 Å². The summed E-state index contributed by atoms with van der Waals surface area (Å²) in [5.74, 6) is 0. The first-order valence-electron chi connectivity index (χ1n) is 4.57. The molecule has 0 spiro atoms. The second-order valence-electron chi connectivity index (χ2n) is 3.40. The quantitative estimate of drug-likeness (QED) is 0.480. The number of hydrogen-bond acceptors (Lipinski definition) is 5. The molecular weight excluding hydrogens is 230 g/mol. The molecule has 0 aliphatic carbocycles. The Labute approximate surface area is 94.5 Å². The second kappa shape index (κ2) is 4.69. The van der Waals surface area contributed by atoms with Crippen molar-refractivity contribution in [1.29, 1.82) is 0 Å². The van der Waals surface area contributed by atoms with Gasteiger partial charge in [-0.2, -0.15) is 0 Å². The van der Waals surface area contributed by atoms with Gasteiger partial charge in [-0.25, -0.2) is 8.42 Å². The van der Waals surface area contributed by atoms with E-state index in [0.717, 1.165) is 10.6 Å². The molecule has 16 heavy (non-hydrogen) atoms. The number of benzene rings is 1. The molecule has 6 nitrogen and oxygen atoms in total. The minimum Gasteiger partial charge on any atom is -0.399 e. The Morgan fingerprint density at radius 3 is 2.25 bits per heavy atom. The minimum absolute atomic E-state index is 0.373. The van der Waals surface area contributed by atoms with E-state index in [9.17, 15) is 8.42 Å². The van der Waals surface area contributed by atoms with Crippen LogP contribution < -0.4 is 15.8 Å². The van der Waals surface area contributed by atoms with Crippen LogP contribution in [0.5, 0.6) is 0 Å². The van der Waals surface area contributed by atoms with Crippen molar-refractivity contribution in [3.63, 3.8) is 0 Å². The van der Waals surface area contributed by atoms with E-state index in [0.29, 0.717) is 11.4 Å². The molecule has 1 rings (SSSR count). The van der Waals surface area contributed by atoms with Crippen LogP contribution in [0.2, 0.25) is 0 Å². The first kappa shape index (κ1) is 12.8. The van der Waals surface area contributed by atoms with E-state index in [-0.39, 0.29) is 0 Å². The summed E-state index contributed by atoms with van der Waals surface area (Å²) in [5.41, 5.74) is 11.9. The largest absolute Gasteiger partial charge is 0.399 e. The van der Waals surface area contributed by atoms with Crippen LogP contribution in [0.25, 0.3) is 0 Å². The van der Waals surface area contributed by atoms with Crippen molar-refractivity contribution >= 4 is 21.4 Å². The van der Waals surface area contributed by atoms with Crippen LogP contribution in [0, 0.1) is 0 Å². The Kier molecular flexibility index (Phi) is 3.74. The van der Waals surface area contributed by atoms with E-state index < -0.39 is 22.8 Å². The lowest BCUT2D eigenvalue weighted by Gasteiger charge is -2.27. The zero-order valence-corrected chi connectivity index (χ0v) is 9.68. The third-order valence-electron chi connectivity index (χ3n) is 1.99. The highest BCUT2D eigenvalue weighted by atomic mass is 32.2. The number of anilines is 2. The monoisotopic (exact) mass is 245 g/mol. The molecule has 0 bridgehead atoms. The summed E-state index contributed by atoms with van der Waals surface area (Å²) in [6.07, 6.45) is 0.0254. The van der Waals surface area contributed by atoms with E-state index >= 15 is 0 Å². The number of rotatable bonds is 4. The molecule has 5 N–H and O–H groups in total. The maximum Gasteiger partial charge on any atom is 0.233 e. The Bertz CT molecular complexity index is 444. The van der Waals surface area contributed by atoms with E-state index in [1.165, 1.54) is 12.1 Å². The lowest BCUT2D eigenvalue weighted by molar-refractivity contribution is 0.270. The molecule has 0 aliphatic heterocycles. The van der Waals surface area contributed by atoms with Crippen LogP contribution >= 0.6 is 0 Å². The van der Waals surface area contributed by atoms with Crippen LogP contribution in [0.3, 0.4) is 0 Å². The van der Waals surface area contributed by atoms with Crippen LogP contribution in [-0.4, -0.2) is 32.6 Å². The molecule has 1 atom stereocenters. The summed E-state index contributed by atoms with van der Waals surface area (Å²) in [5, 5.41) is 8.93. The Morgan fingerprint density at radius 1 is 1.38 bits per heavy atom. The van der Waals surface area contributed by atoms with Crippen molar-refractivity contribution in [2.45, 2.75) is 6.17 Å². The zero-order chi connectivity index (χ0) is 12.3. The summed E-state index contributed by atoms with van der Waals surface area (Å²) in [6, 6.07) is 6.20. The number of nitrogens with zero attached hydrogens (tertiary/aromatic N) is 1. The lowest BCUT2D eigenvalue weighted by Crippen LogP contribution is -2.47. The van der Waals surface area contributed by atoms with Gasteiger partial charge in [0.1, 0.15) is 6.17 Å². The van der Waals surface area contributed by atoms with Gasteiger partial charge in [-0.15, -0.1) is 0 Å². The Balaban J connectivity index is 3.17. The average molecular weight is 245 g/mol. The molecule has 1 unspecified atom stereocenters. The molecule has 1 aromatic rings. The van der Waals surface area contributed by atoms with Crippen molar-refractivity contribution in [2.24, 2.45) is 5.73 Å². The van der Waals surface area contributed by atoms with Gasteiger partial charge < -0.3 is 16.6 Å². The number of aliphatic hydroxyl groups is 1. The number of hydrogen-bond donors (Lipinski definition) is 3. The average Bonchev–Trinajstić information content (AvgIpc) is 2.19. The molecule has 7 heteroatoms. The molecule has 0 aliphatic rings. The summed E-state index contributed by atoms with van der Waals surface area (Å²) < 4.78 is 24.0. The van der Waals surface area contributed by atoms with E-state index in [4.69, 9.17) is 16.6 Å². The van der Waals surface area contributed by atoms with Gasteiger partial charge in [0.2, 0.25) is 10.0 Å². The number of sulfonamides is 1. The van der Waals surface area contributed by atoms with Gasteiger partial charge in [-0.1, -0.05) is 0 Å². The summed E-state index contributed by atoms with van der Waals surface area (Å²) in [7, 11) is -3.53. The highest BCUT2D eigenvalue weighted by Gasteiger charge is 2.23. The van der Waals surface area contributed by atoms with Gasteiger partial charge in [0.25, 0.3) is 0 Å². The van der Waals surface area contributed by atoms with Crippen LogP contribution in [0.4, 0.5) is 11.4 Å². The molecule has 0 amide bonds. The summed E-state index contributed by atoms with van der Waals surface area (Å²) >= 11 is 0. The van der Waals surface area contributed by atoms with Gasteiger partial charge in [0.05, 0.1) is 18.6 Å². The molecule has 1 aromatic carbocycles. The normalized spacial score (nSPS) is 13.4. The smallest absolute Gasteiger partial charge is 0.233 e. The topological polar surface area (TPSA) is 110 Å². The van der Waals surface area contributed by atoms with Crippen LogP contribution in [-0.2, 0) is 10.0 Å². The summed E-state index contributed by atoms with van der Waals surface area (Å²) in [4.78, 5) is 0. The third-order valence-corrected chi connectivity index (χ3v) is 3.19. The lowest BCUT2D eigenvalue weighted by atomic mass is 10.3. The minimum atomic E-state index is -3.53. The fraction of sp³-hybridized carbons (Fsp3) is 0.333. The maximum atomic E-state index is 11.5. The SMILES string of the molecule is CS(=O)(=O)N(c1ccc(N)cc1)C(N)CO. The molecule has 90 valence electrons. The van der Waals surface area contributed by atoms with Gasteiger partial charge in [-0.05, 0) is 24.3 Å². The fourth-order valence-electron chi connectivity index (χ4n) is 1.32. The maximum absolute atomic E-state index is 11.5. The number of aliphatic hydroxyl groups excluding tert-OH is 1. The van der Waals surface area contributed by atoms with Gasteiger partial charge in [0, 0.05) is 5.69 Å². The van der Waals surface area contributed by atoms with E-state index in [2.05, 4.69) is 0 Å². The molecule has 0 saturated carbocycles. The Hall–Kier alpha value is -1.31. The van der Waals surface area contributed by atoms with Crippen molar-refractivity contribution in [3.8, 4) is 0 Å². The van der Waals surface area contributed by atoms with Crippen molar-refractivity contribution in [3.05, 3.63) is 24.3 Å². The molecule has 0 saturated heterocycles. The third kappa shape index (κ3) is 2.84. The number of nitrogen functional groups attached to an aromatic ring is 1. The predicted molar refractivity (Wildman–Crippen MR) is 63.2 cm³/mol. The highest BCUT2D eigenvalue weighted by molar-refractivity contribution is 7.92. The summed E-state index contributed by atoms with van der Waals surface area (Å²) in [6.45, 7) is -0.461. The van der Waals surface area contributed by atoms with Crippen LogP contribution in [0.15, 0.2) is 24.3 Å². The van der Waals surface area contributed by atoms with Crippen molar-refractivity contribution in [2.75, 3.05) is 22.9 Å². The number of nitrogens with two attached hydrogens (primary N) is 2. The first-order chi connectivity index (χ1) is 7.36. The van der Waals surface area contributed by atoms with Crippen molar-refractivity contribution < 1.29 is 13.5 Å². The zero-order valence-electron chi connectivity index (χ0n) is 8.87. The molecule has 0 radical (unpaired) electrons. The molecule has 0 aromatic heterocycles. The fourth-order valence-corrected chi connectivity index (χ4v) is 2.39. The van der Waals surface area contributed by atoms with E-state index in [1.807, 2.05) is 0 Å². The molecular formula is C9H15N3O3S.